The van der Waals surface area contributed by atoms with Gasteiger partial charge in [-0.3, -0.25) is 0 Å². The van der Waals surface area contributed by atoms with Crippen molar-refractivity contribution in [2.75, 3.05) is 0 Å². The SMILES string of the molecule is Cn1c(C(C)(C)C)cc(Cl)c1C#N. The van der Waals surface area contributed by atoms with Gasteiger partial charge < -0.3 is 4.57 Å². The van der Waals surface area contributed by atoms with Gasteiger partial charge in [0.15, 0.2) is 0 Å². The standard InChI is InChI=1S/C10H13ClN2/c1-10(2,3)9-5-7(11)8(6-12)13(9)4/h5H,1-4H3. The summed E-state index contributed by atoms with van der Waals surface area (Å²) in [5.41, 5.74) is 1.63. The third-order valence-corrected chi connectivity index (χ3v) is 2.35. The lowest BCUT2D eigenvalue weighted by atomic mass is 9.92. The molecule has 0 bridgehead atoms. The van der Waals surface area contributed by atoms with Crippen molar-refractivity contribution in [2.45, 2.75) is 26.2 Å². The molecule has 1 aromatic heterocycles. The zero-order chi connectivity index (χ0) is 10.2. The van der Waals surface area contributed by atoms with Crippen LogP contribution in [0.1, 0.15) is 32.2 Å². The number of halogens is 1. The van der Waals surface area contributed by atoms with Gasteiger partial charge in [0.25, 0.3) is 0 Å². The maximum atomic E-state index is 8.82. The molecule has 0 saturated heterocycles. The van der Waals surface area contributed by atoms with E-state index in [0.29, 0.717) is 10.7 Å². The normalized spacial score (nSPS) is 11.4. The van der Waals surface area contributed by atoms with Gasteiger partial charge in [-0.15, -0.1) is 0 Å². The third-order valence-electron chi connectivity index (χ3n) is 2.06. The predicted octanol–water partition coefficient (Wildman–Crippen LogP) is 2.85. The van der Waals surface area contributed by atoms with Gasteiger partial charge in [0.1, 0.15) is 11.8 Å². The van der Waals surface area contributed by atoms with Crippen LogP contribution in [0.4, 0.5) is 0 Å². The third kappa shape index (κ3) is 1.71. The zero-order valence-electron chi connectivity index (χ0n) is 8.35. The summed E-state index contributed by atoms with van der Waals surface area (Å²) in [7, 11) is 1.87. The number of aromatic nitrogens is 1. The molecule has 70 valence electrons. The molecule has 0 atom stereocenters. The fourth-order valence-corrected chi connectivity index (χ4v) is 1.69. The minimum absolute atomic E-state index is 0.0213. The Kier molecular flexibility index (Phi) is 2.40. The minimum Gasteiger partial charge on any atom is -0.338 e. The quantitative estimate of drug-likeness (QED) is 0.627. The summed E-state index contributed by atoms with van der Waals surface area (Å²) in [6, 6.07) is 3.95. The van der Waals surface area contributed by atoms with E-state index < -0.39 is 0 Å². The van der Waals surface area contributed by atoms with Gasteiger partial charge in [0.2, 0.25) is 0 Å². The lowest BCUT2D eigenvalue weighted by Crippen LogP contribution is -2.16. The number of hydrogen-bond acceptors (Lipinski definition) is 1. The van der Waals surface area contributed by atoms with Crippen molar-refractivity contribution >= 4 is 11.6 Å². The summed E-state index contributed by atoms with van der Waals surface area (Å²) in [4.78, 5) is 0. The van der Waals surface area contributed by atoms with Crippen LogP contribution in [-0.4, -0.2) is 4.57 Å². The fourth-order valence-electron chi connectivity index (χ4n) is 1.41. The van der Waals surface area contributed by atoms with Gasteiger partial charge >= 0.3 is 0 Å². The Labute approximate surface area is 83.7 Å². The van der Waals surface area contributed by atoms with Crippen LogP contribution in [-0.2, 0) is 12.5 Å². The van der Waals surface area contributed by atoms with Crippen molar-refractivity contribution in [1.29, 1.82) is 5.26 Å². The van der Waals surface area contributed by atoms with Crippen molar-refractivity contribution in [3.05, 3.63) is 22.5 Å². The number of nitriles is 1. The van der Waals surface area contributed by atoms with Crippen molar-refractivity contribution < 1.29 is 0 Å². The average Bonchev–Trinajstić information content (AvgIpc) is 2.25. The molecule has 2 nitrogen and oxygen atoms in total. The van der Waals surface area contributed by atoms with E-state index in [-0.39, 0.29) is 5.41 Å². The van der Waals surface area contributed by atoms with Crippen LogP contribution in [0.25, 0.3) is 0 Å². The molecule has 0 aromatic carbocycles. The topological polar surface area (TPSA) is 28.7 Å². The molecule has 0 spiro atoms. The van der Waals surface area contributed by atoms with Gasteiger partial charge in [-0.1, -0.05) is 32.4 Å². The maximum absolute atomic E-state index is 8.82. The summed E-state index contributed by atoms with van der Waals surface area (Å²) in [6.07, 6.45) is 0. The molecule has 13 heavy (non-hydrogen) atoms. The molecular weight excluding hydrogens is 184 g/mol. The first-order valence-electron chi connectivity index (χ1n) is 4.13. The molecule has 0 aliphatic carbocycles. The Bertz CT molecular complexity index is 364. The van der Waals surface area contributed by atoms with Gasteiger partial charge in [-0.2, -0.15) is 5.26 Å². The molecular formula is C10H13ClN2. The molecule has 0 fully saturated rings. The predicted molar refractivity (Wildman–Crippen MR) is 53.8 cm³/mol. The summed E-state index contributed by atoms with van der Waals surface area (Å²) >= 11 is 5.91. The molecule has 1 heterocycles. The van der Waals surface area contributed by atoms with Gasteiger partial charge in [-0.05, 0) is 6.07 Å². The second-order valence-corrected chi connectivity index (χ2v) is 4.55. The van der Waals surface area contributed by atoms with E-state index in [1.165, 1.54) is 0 Å². The summed E-state index contributed by atoms with van der Waals surface area (Å²) < 4.78 is 1.85. The molecule has 0 radical (unpaired) electrons. The molecule has 0 aliphatic rings. The van der Waals surface area contributed by atoms with E-state index in [0.717, 1.165) is 5.69 Å². The lowest BCUT2D eigenvalue weighted by Gasteiger charge is -2.19. The monoisotopic (exact) mass is 196 g/mol. The molecule has 3 heteroatoms. The van der Waals surface area contributed by atoms with Crippen LogP contribution in [0.3, 0.4) is 0 Å². The first-order chi connectivity index (χ1) is 5.88. The Morgan fingerprint density at radius 3 is 2.23 bits per heavy atom. The van der Waals surface area contributed by atoms with E-state index in [9.17, 15) is 0 Å². The van der Waals surface area contributed by atoms with E-state index in [1.807, 2.05) is 17.7 Å². The molecule has 0 aliphatic heterocycles. The largest absolute Gasteiger partial charge is 0.338 e. The van der Waals surface area contributed by atoms with Crippen molar-refractivity contribution in [2.24, 2.45) is 7.05 Å². The highest BCUT2D eigenvalue weighted by Crippen LogP contribution is 2.28. The Balaban J connectivity index is 3.37. The summed E-state index contributed by atoms with van der Waals surface area (Å²) in [6.45, 7) is 6.29. The first kappa shape index (κ1) is 10.1. The second-order valence-electron chi connectivity index (χ2n) is 4.15. The molecule has 1 aromatic rings. The van der Waals surface area contributed by atoms with Crippen molar-refractivity contribution in [1.82, 2.24) is 4.57 Å². The highest BCUT2D eigenvalue weighted by atomic mass is 35.5. The smallest absolute Gasteiger partial charge is 0.139 e. The highest BCUT2D eigenvalue weighted by Gasteiger charge is 2.21. The molecule has 0 saturated carbocycles. The molecule has 0 N–H and O–H groups in total. The van der Waals surface area contributed by atoms with E-state index >= 15 is 0 Å². The van der Waals surface area contributed by atoms with E-state index in [2.05, 4.69) is 26.8 Å². The Hall–Kier alpha value is -0.940. The van der Waals surface area contributed by atoms with Crippen molar-refractivity contribution in [3.8, 4) is 6.07 Å². The van der Waals surface area contributed by atoms with E-state index in [4.69, 9.17) is 16.9 Å². The first-order valence-corrected chi connectivity index (χ1v) is 4.51. The fraction of sp³-hybridized carbons (Fsp3) is 0.500. The highest BCUT2D eigenvalue weighted by molar-refractivity contribution is 6.31. The van der Waals surface area contributed by atoms with Gasteiger partial charge in [0.05, 0.1) is 5.02 Å². The van der Waals surface area contributed by atoms with Crippen LogP contribution in [0.5, 0.6) is 0 Å². The number of rotatable bonds is 0. The van der Waals surface area contributed by atoms with Crippen LogP contribution >= 0.6 is 11.6 Å². The minimum atomic E-state index is 0.0213. The van der Waals surface area contributed by atoms with Crippen LogP contribution in [0.2, 0.25) is 5.02 Å². The Morgan fingerprint density at radius 1 is 1.46 bits per heavy atom. The molecule has 0 unspecified atom stereocenters. The van der Waals surface area contributed by atoms with Gasteiger partial charge in [0, 0.05) is 18.2 Å². The molecule has 1 rings (SSSR count). The summed E-state index contributed by atoms with van der Waals surface area (Å²) in [5, 5.41) is 9.36. The van der Waals surface area contributed by atoms with Crippen molar-refractivity contribution in [3.63, 3.8) is 0 Å². The maximum Gasteiger partial charge on any atom is 0.139 e. The van der Waals surface area contributed by atoms with Gasteiger partial charge in [-0.25, -0.2) is 0 Å². The van der Waals surface area contributed by atoms with Crippen LogP contribution < -0.4 is 0 Å². The average molecular weight is 197 g/mol. The number of hydrogen-bond donors (Lipinski definition) is 0. The van der Waals surface area contributed by atoms with E-state index in [1.54, 1.807) is 0 Å². The summed E-state index contributed by atoms with van der Waals surface area (Å²) in [5.74, 6) is 0. The molecule has 0 amide bonds. The lowest BCUT2D eigenvalue weighted by molar-refractivity contribution is 0.541. The number of nitrogens with zero attached hydrogens (tertiary/aromatic N) is 2. The Morgan fingerprint density at radius 2 is 2.00 bits per heavy atom. The second kappa shape index (κ2) is 3.08. The van der Waals surface area contributed by atoms with Crippen LogP contribution in [0.15, 0.2) is 6.07 Å². The van der Waals surface area contributed by atoms with Crippen LogP contribution in [0, 0.1) is 11.3 Å². The zero-order valence-corrected chi connectivity index (χ0v) is 9.11.